The number of hydrogen-bond donors (Lipinski definition) is 2. The van der Waals surface area contributed by atoms with Crippen LogP contribution in [-0.2, 0) is 4.79 Å². The molecular weight excluding hydrogens is 347 g/mol. The molecule has 1 amide bonds. The van der Waals surface area contributed by atoms with Gasteiger partial charge in [0.15, 0.2) is 0 Å². The summed E-state index contributed by atoms with van der Waals surface area (Å²) >= 11 is 0. The monoisotopic (exact) mass is 370 g/mol. The number of carbonyl (C=O) groups is 1. The molecule has 1 heterocycles. The number of amides is 1. The van der Waals surface area contributed by atoms with Crippen LogP contribution in [0.2, 0.25) is 0 Å². The molecule has 1 aliphatic carbocycles. The van der Waals surface area contributed by atoms with Crippen molar-refractivity contribution in [3.8, 4) is 5.69 Å². The van der Waals surface area contributed by atoms with Crippen molar-refractivity contribution in [3.05, 3.63) is 43.0 Å². The number of nitrogens with one attached hydrogen (secondary N) is 1. The van der Waals surface area contributed by atoms with E-state index >= 15 is 0 Å². The normalized spacial score (nSPS) is 19.7. The molecule has 5 nitrogen and oxygen atoms in total. The van der Waals surface area contributed by atoms with Gasteiger partial charge in [-0.2, -0.15) is 0 Å². The number of nitrogens with two attached hydrogens (primary N) is 1. The maximum Gasteiger partial charge on any atom is 0.224 e. The van der Waals surface area contributed by atoms with Crippen LogP contribution >= 0.6 is 24.8 Å². The topological polar surface area (TPSA) is 72.9 Å². The molecule has 2 atom stereocenters. The lowest BCUT2D eigenvalue weighted by atomic mass is 9.83. The van der Waals surface area contributed by atoms with E-state index in [1.165, 1.54) is 12.8 Å². The molecule has 0 aliphatic heterocycles. The SMILES string of the molecule is Cl.Cl.NC1CCCCC1CC(=O)Nc1ccccc1-n1ccnc1. The van der Waals surface area contributed by atoms with Crippen LogP contribution in [0.1, 0.15) is 32.1 Å². The van der Waals surface area contributed by atoms with Gasteiger partial charge < -0.3 is 15.6 Å². The molecule has 132 valence electrons. The highest BCUT2D eigenvalue weighted by atomic mass is 35.5. The Morgan fingerprint density at radius 1 is 1.25 bits per heavy atom. The Labute approximate surface area is 154 Å². The van der Waals surface area contributed by atoms with Gasteiger partial charge in [-0.1, -0.05) is 25.0 Å². The highest BCUT2D eigenvalue weighted by Crippen LogP contribution is 2.27. The first-order valence-corrected chi connectivity index (χ1v) is 7.87. The Bertz CT molecular complexity index is 633. The first kappa shape index (κ1) is 20.5. The van der Waals surface area contributed by atoms with Crippen molar-refractivity contribution in [3.63, 3.8) is 0 Å². The van der Waals surface area contributed by atoms with Crippen molar-refractivity contribution < 1.29 is 4.79 Å². The molecule has 2 aromatic rings. The fourth-order valence-corrected chi connectivity index (χ4v) is 3.14. The van der Waals surface area contributed by atoms with Crippen LogP contribution in [0.15, 0.2) is 43.0 Å². The van der Waals surface area contributed by atoms with Gasteiger partial charge in [0.1, 0.15) is 0 Å². The summed E-state index contributed by atoms with van der Waals surface area (Å²) in [7, 11) is 0. The average molecular weight is 371 g/mol. The summed E-state index contributed by atoms with van der Waals surface area (Å²) in [5.74, 6) is 0.337. The van der Waals surface area contributed by atoms with E-state index < -0.39 is 0 Å². The number of carbonyl (C=O) groups excluding carboxylic acids is 1. The maximum atomic E-state index is 12.4. The van der Waals surface area contributed by atoms with Crippen LogP contribution in [0.4, 0.5) is 5.69 Å². The van der Waals surface area contributed by atoms with E-state index in [0.29, 0.717) is 12.3 Å². The third-order valence-electron chi connectivity index (χ3n) is 4.38. The first-order chi connectivity index (χ1) is 10.7. The number of rotatable bonds is 4. The molecule has 2 unspecified atom stereocenters. The minimum absolute atomic E-state index is 0. The number of anilines is 1. The molecule has 1 fully saturated rings. The van der Waals surface area contributed by atoms with Crippen molar-refractivity contribution in [1.82, 2.24) is 9.55 Å². The van der Waals surface area contributed by atoms with Crippen molar-refractivity contribution in [2.24, 2.45) is 11.7 Å². The van der Waals surface area contributed by atoms with Gasteiger partial charge >= 0.3 is 0 Å². The van der Waals surface area contributed by atoms with Crippen molar-refractivity contribution in [2.75, 3.05) is 5.32 Å². The third kappa shape index (κ3) is 4.97. The lowest BCUT2D eigenvalue weighted by Gasteiger charge is -2.28. The van der Waals surface area contributed by atoms with E-state index in [1.807, 2.05) is 35.0 Å². The zero-order valence-electron chi connectivity index (χ0n) is 13.4. The van der Waals surface area contributed by atoms with Crippen LogP contribution in [0.5, 0.6) is 0 Å². The molecule has 1 saturated carbocycles. The van der Waals surface area contributed by atoms with Crippen LogP contribution in [0.3, 0.4) is 0 Å². The second-order valence-corrected chi connectivity index (χ2v) is 5.95. The number of aromatic nitrogens is 2. The zero-order valence-corrected chi connectivity index (χ0v) is 15.1. The average Bonchev–Trinajstić information content (AvgIpc) is 3.04. The Morgan fingerprint density at radius 2 is 2.00 bits per heavy atom. The molecule has 24 heavy (non-hydrogen) atoms. The second-order valence-electron chi connectivity index (χ2n) is 5.95. The van der Waals surface area contributed by atoms with E-state index in [2.05, 4.69) is 10.3 Å². The van der Waals surface area contributed by atoms with Gasteiger partial charge in [0, 0.05) is 24.9 Å². The molecule has 1 aromatic carbocycles. The predicted molar refractivity (Wildman–Crippen MR) is 101 cm³/mol. The van der Waals surface area contributed by atoms with Crippen LogP contribution < -0.4 is 11.1 Å². The minimum atomic E-state index is 0. The van der Waals surface area contributed by atoms with Crippen molar-refractivity contribution >= 4 is 36.4 Å². The molecule has 3 N–H and O–H groups in total. The maximum absolute atomic E-state index is 12.4. The van der Waals surface area contributed by atoms with Gasteiger partial charge in [-0.05, 0) is 30.9 Å². The standard InChI is InChI=1S/C17H22N4O.2ClH/c18-14-6-2-1-5-13(14)11-17(22)20-15-7-3-4-8-16(15)21-10-9-19-12-21;;/h3-4,7-10,12-14H,1-2,5-6,11,18H2,(H,20,22);2*1H. The predicted octanol–water partition coefficient (Wildman–Crippen LogP) is 3.56. The summed E-state index contributed by atoms with van der Waals surface area (Å²) in [4.78, 5) is 16.4. The Kier molecular flexibility index (Phi) is 8.25. The number of hydrogen-bond acceptors (Lipinski definition) is 3. The minimum Gasteiger partial charge on any atom is -0.327 e. The molecule has 0 spiro atoms. The van der Waals surface area contributed by atoms with E-state index in [9.17, 15) is 4.79 Å². The molecule has 0 radical (unpaired) electrons. The van der Waals surface area contributed by atoms with Gasteiger partial charge in [-0.15, -0.1) is 24.8 Å². The zero-order chi connectivity index (χ0) is 15.4. The third-order valence-corrected chi connectivity index (χ3v) is 4.38. The van der Waals surface area contributed by atoms with Crippen molar-refractivity contribution in [2.45, 2.75) is 38.1 Å². The smallest absolute Gasteiger partial charge is 0.224 e. The van der Waals surface area contributed by atoms with Gasteiger partial charge in [0.05, 0.1) is 17.7 Å². The van der Waals surface area contributed by atoms with Gasteiger partial charge in [0.2, 0.25) is 5.91 Å². The summed E-state index contributed by atoms with van der Waals surface area (Å²) in [6.07, 6.45) is 10.3. The summed E-state index contributed by atoms with van der Waals surface area (Å²) in [6.45, 7) is 0. The number of halogens is 2. The lowest BCUT2D eigenvalue weighted by molar-refractivity contribution is -0.117. The number of para-hydroxylation sites is 2. The molecule has 3 rings (SSSR count). The lowest BCUT2D eigenvalue weighted by Crippen LogP contribution is -2.35. The largest absolute Gasteiger partial charge is 0.327 e. The molecule has 0 bridgehead atoms. The number of nitrogens with zero attached hydrogens (tertiary/aromatic N) is 2. The molecular formula is C17H24Cl2N4O. The highest BCUT2D eigenvalue weighted by molar-refractivity contribution is 5.93. The first-order valence-electron chi connectivity index (χ1n) is 7.87. The quantitative estimate of drug-likeness (QED) is 0.863. The van der Waals surface area contributed by atoms with Crippen LogP contribution in [0.25, 0.3) is 5.69 Å². The van der Waals surface area contributed by atoms with Crippen LogP contribution in [-0.4, -0.2) is 21.5 Å². The van der Waals surface area contributed by atoms with E-state index in [4.69, 9.17) is 5.73 Å². The molecule has 1 aliphatic rings. The Morgan fingerprint density at radius 3 is 2.71 bits per heavy atom. The fraction of sp³-hybridized carbons (Fsp3) is 0.412. The van der Waals surface area contributed by atoms with Crippen molar-refractivity contribution in [1.29, 1.82) is 0 Å². The van der Waals surface area contributed by atoms with Gasteiger partial charge in [0.25, 0.3) is 0 Å². The highest BCUT2D eigenvalue weighted by Gasteiger charge is 2.24. The Hall–Kier alpha value is -1.56. The summed E-state index contributed by atoms with van der Waals surface area (Å²) in [5.41, 5.74) is 7.85. The number of benzene rings is 1. The number of imidazole rings is 1. The van der Waals surface area contributed by atoms with Gasteiger partial charge in [-0.25, -0.2) is 4.98 Å². The summed E-state index contributed by atoms with van der Waals surface area (Å²) in [6, 6.07) is 7.89. The molecule has 1 aromatic heterocycles. The molecule has 7 heteroatoms. The fourth-order valence-electron chi connectivity index (χ4n) is 3.14. The van der Waals surface area contributed by atoms with E-state index in [1.54, 1.807) is 12.5 Å². The van der Waals surface area contributed by atoms with E-state index in [0.717, 1.165) is 24.2 Å². The second kappa shape index (κ2) is 9.67. The van der Waals surface area contributed by atoms with Crippen LogP contribution in [0, 0.1) is 5.92 Å². The van der Waals surface area contributed by atoms with E-state index in [-0.39, 0.29) is 36.8 Å². The summed E-state index contributed by atoms with van der Waals surface area (Å²) < 4.78 is 1.89. The molecule has 0 saturated heterocycles. The van der Waals surface area contributed by atoms with Gasteiger partial charge in [-0.3, -0.25) is 4.79 Å². The summed E-state index contributed by atoms with van der Waals surface area (Å²) in [5, 5.41) is 3.02. The Balaban J connectivity index is 0.00000144.